The fraction of sp³-hybridized carbons (Fsp3) is 0.125. The van der Waals surface area contributed by atoms with Gasteiger partial charge in [-0.2, -0.15) is 0 Å². The molecule has 0 radical (unpaired) electrons. The lowest BCUT2D eigenvalue weighted by Crippen LogP contribution is -2.05. The van der Waals surface area contributed by atoms with Gasteiger partial charge in [-0.15, -0.1) is 23.2 Å². The van der Waals surface area contributed by atoms with E-state index in [1.807, 2.05) is 0 Å². The molecule has 0 atom stereocenters. The highest BCUT2D eigenvalue weighted by Gasteiger charge is 2.21. The molecule has 0 aromatic heterocycles. The highest BCUT2D eigenvalue weighted by atomic mass is 35.5. The van der Waals surface area contributed by atoms with E-state index in [1.165, 1.54) is 0 Å². The van der Waals surface area contributed by atoms with Gasteiger partial charge < -0.3 is 9.47 Å². The number of hydrogen-bond acceptors (Lipinski definition) is 4. The second-order valence-corrected chi connectivity index (χ2v) is 5.18. The van der Waals surface area contributed by atoms with E-state index in [2.05, 4.69) is 0 Å². The van der Waals surface area contributed by atoms with Crippen LogP contribution in [-0.2, 0) is 0 Å². The molecule has 0 saturated carbocycles. The van der Waals surface area contributed by atoms with Crippen LogP contribution in [0.25, 0.3) is 0 Å². The third-order valence-electron chi connectivity index (χ3n) is 3.21. The Morgan fingerprint density at radius 1 is 0.727 bits per heavy atom. The van der Waals surface area contributed by atoms with Crippen molar-refractivity contribution in [2.24, 2.45) is 0 Å². The molecule has 22 heavy (non-hydrogen) atoms. The predicted molar refractivity (Wildman–Crippen MR) is 83.1 cm³/mol. The zero-order valence-electron chi connectivity index (χ0n) is 11.3. The average molecular weight is 337 g/mol. The number of benzene rings is 2. The third kappa shape index (κ3) is 2.67. The fourth-order valence-corrected chi connectivity index (χ4v) is 2.39. The monoisotopic (exact) mass is 336 g/mol. The smallest absolute Gasteiger partial charge is 0.177 e. The van der Waals surface area contributed by atoms with Gasteiger partial charge in [-0.1, -0.05) is 0 Å². The Hall–Kier alpha value is -2.04. The maximum Gasteiger partial charge on any atom is 0.177 e. The second-order valence-electron chi connectivity index (χ2n) is 4.64. The van der Waals surface area contributed by atoms with Crippen LogP contribution in [0, 0.1) is 0 Å². The molecule has 4 nitrogen and oxygen atoms in total. The Morgan fingerprint density at radius 2 is 1.14 bits per heavy atom. The molecular weight excluding hydrogens is 327 g/mol. The van der Waals surface area contributed by atoms with E-state index in [9.17, 15) is 9.59 Å². The summed E-state index contributed by atoms with van der Waals surface area (Å²) in [6, 6.07) is 9.67. The largest absolute Gasteiger partial charge is 0.449 e. The van der Waals surface area contributed by atoms with Crippen molar-refractivity contribution in [3.8, 4) is 23.0 Å². The topological polar surface area (TPSA) is 52.6 Å². The highest BCUT2D eigenvalue weighted by molar-refractivity contribution is 6.30. The van der Waals surface area contributed by atoms with Crippen LogP contribution in [0.5, 0.6) is 23.0 Å². The van der Waals surface area contributed by atoms with Gasteiger partial charge in [0.05, 0.1) is 11.8 Å². The van der Waals surface area contributed by atoms with Crippen molar-refractivity contribution in [1.29, 1.82) is 0 Å². The van der Waals surface area contributed by atoms with Crippen LogP contribution in [0.15, 0.2) is 36.4 Å². The number of ether oxygens (including phenoxy) is 2. The average Bonchev–Trinajstić information content (AvgIpc) is 2.57. The van der Waals surface area contributed by atoms with Crippen LogP contribution < -0.4 is 9.47 Å². The minimum absolute atomic E-state index is 0.0971. The minimum atomic E-state index is -0.193. The Morgan fingerprint density at radius 3 is 1.50 bits per heavy atom. The molecule has 0 unspecified atom stereocenters. The zero-order chi connectivity index (χ0) is 15.7. The number of halogens is 2. The van der Waals surface area contributed by atoms with Gasteiger partial charge >= 0.3 is 0 Å². The second kappa shape index (κ2) is 5.99. The highest BCUT2D eigenvalue weighted by Crippen LogP contribution is 2.45. The van der Waals surface area contributed by atoms with Crippen molar-refractivity contribution in [2.75, 3.05) is 11.8 Å². The Labute approximate surface area is 136 Å². The van der Waals surface area contributed by atoms with Crippen molar-refractivity contribution >= 4 is 34.8 Å². The molecule has 2 aromatic carbocycles. The molecule has 1 aliphatic rings. The molecule has 112 valence electrons. The zero-order valence-corrected chi connectivity index (χ0v) is 12.8. The van der Waals surface area contributed by atoms with Crippen molar-refractivity contribution < 1.29 is 19.1 Å². The van der Waals surface area contributed by atoms with Crippen LogP contribution >= 0.6 is 23.2 Å². The SMILES string of the molecule is O=C(CCl)c1ccc2c(c1)Oc1ccc(C(=O)CCl)cc1O2. The first-order valence-electron chi connectivity index (χ1n) is 6.44. The summed E-state index contributed by atoms with van der Waals surface area (Å²) < 4.78 is 11.4. The van der Waals surface area contributed by atoms with E-state index in [4.69, 9.17) is 32.7 Å². The first-order valence-corrected chi connectivity index (χ1v) is 7.51. The van der Waals surface area contributed by atoms with E-state index in [-0.39, 0.29) is 23.3 Å². The number of hydrogen-bond donors (Lipinski definition) is 0. The van der Waals surface area contributed by atoms with Crippen molar-refractivity contribution in [3.05, 3.63) is 47.5 Å². The molecule has 0 saturated heterocycles. The van der Waals surface area contributed by atoms with Crippen LogP contribution in [-0.4, -0.2) is 23.3 Å². The normalized spacial score (nSPS) is 11.7. The summed E-state index contributed by atoms with van der Waals surface area (Å²) in [7, 11) is 0. The predicted octanol–water partition coefficient (Wildman–Crippen LogP) is 4.43. The van der Waals surface area contributed by atoms with Crippen LogP contribution in [0.1, 0.15) is 20.7 Å². The van der Waals surface area contributed by atoms with Gasteiger partial charge in [0.15, 0.2) is 34.6 Å². The number of alkyl halides is 2. The maximum atomic E-state index is 11.6. The molecule has 0 N–H and O–H groups in total. The number of rotatable bonds is 4. The van der Waals surface area contributed by atoms with E-state index in [1.54, 1.807) is 36.4 Å². The van der Waals surface area contributed by atoms with E-state index in [0.717, 1.165) is 0 Å². The summed E-state index contributed by atoms with van der Waals surface area (Å²) in [6.45, 7) is 0. The molecule has 0 spiro atoms. The van der Waals surface area contributed by atoms with Gasteiger partial charge in [0.25, 0.3) is 0 Å². The van der Waals surface area contributed by atoms with E-state index in [0.29, 0.717) is 34.1 Å². The fourth-order valence-electron chi connectivity index (χ4n) is 2.08. The molecule has 3 rings (SSSR count). The summed E-state index contributed by atoms with van der Waals surface area (Å²) >= 11 is 11.1. The molecule has 6 heteroatoms. The van der Waals surface area contributed by atoms with Crippen molar-refractivity contribution in [3.63, 3.8) is 0 Å². The molecule has 0 fully saturated rings. The first kappa shape index (κ1) is 14.9. The van der Waals surface area contributed by atoms with E-state index >= 15 is 0 Å². The van der Waals surface area contributed by atoms with Crippen LogP contribution in [0.3, 0.4) is 0 Å². The van der Waals surface area contributed by atoms with Gasteiger partial charge in [0.2, 0.25) is 0 Å². The first-order chi connectivity index (χ1) is 10.6. The lowest BCUT2D eigenvalue weighted by atomic mass is 10.1. The molecular formula is C16H10Cl2O4. The number of fused-ring (bicyclic) bond motifs is 2. The summed E-state index contributed by atoms with van der Waals surface area (Å²) in [5, 5.41) is 0. The van der Waals surface area contributed by atoms with Crippen LogP contribution in [0.4, 0.5) is 0 Å². The van der Waals surface area contributed by atoms with Gasteiger partial charge in [0.1, 0.15) is 0 Å². The standard InChI is InChI=1S/C16H10Cl2O4/c17-7-11(19)9-1-3-13-15(5-9)22-14-4-2-10(12(20)8-18)6-16(14)21-13/h1-6H,7-8H2. The lowest BCUT2D eigenvalue weighted by Gasteiger charge is -2.21. The maximum absolute atomic E-state index is 11.6. The van der Waals surface area contributed by atoms with Crippen LogP contribution in [0.2, 0.25) is 0 Å². The third-order valence-corrected chi connectivity index (χ3v) is 3.70. The minimum Gasteiger partial charge on any atom is -0.449 e. The Bertz CT molecular complexity index is 705. The van der Waals surface area contributed by atoms with Gasteiger partial charge in [-0.25, -0.2) is 0 Å². The summed E-state index contributed by atoms with van der Waals surface area (Å²) in [5.74, 6) is 1.21. The van der Waals surface area contributed by atoms with Gasteiger partial charge in [0, 0.05) is 11.1 Å². The molecule has 1 heterocycles. The lowest BCUT2D eigenvalue weighted by molar-refractivity contribution is 0.101. The van der Waals surface area contributed by atoms with E-state index < -0.39 is 0 Å². The summed E-state index contributed by atoms with van der Waals surface area (Å²) in [5.41, 5.74) is 0.907. The van der Waals surface area contributed by atoms with Crippen molar-refractivity contribution in [2.45, 2.75) is 0 Å². The number of Topliss-reactive ketones (excluding diaryl/α,β-unsaturated/α-hetero) is 2. The van der Waals surface area contributed by atoms with Gasteiger partial charge in [-0.05, 0) is 36.4 Å². The molecule has 0 bridgehead atoms. The summed E-state index contributed by atoms with van der Waals surface area (Å²) in [4.78, 5) is 23.2. The molecule has 0 aliphatic carbocycles. The molecule has 0 amide bonds. The summed E-state index contributed by atoms with van der Waals surface area (Å²) in [6.07, 6.45) is 0. The molecule has 1 aliphatic heterocycles. The number of ketones is 2. The Kier molecular flexibility index (Phi) is 4.05. The quantitative estimate of drug-likeness (QED) is 0.522. The number of carbonyl (C=O) groups excluding carboxylic acids is 2. The Balaban J connectivity index is 1.95. The molecule has 2 aromatic rings. The van der Waals surface area contributed by atoms with Crippen molar-refractivity contribution in [1.82, 2.24) is 0 Å². The number of carbonyl (C=O) groups is 2. The van der Waals surface area contributed by atoms with Gasteiger partial charge in [-0.3, -0.25) is 9.59 Å².